The Bertz CT molecular complexity index is 481. The first-order valence-electron chi connectivity index (χ1n) is 6.70. The predicted octanol–water partition coefficient (Wildman–Crippen LogP) is 1.44. The van der Waals surface area contributed by atoms with Crippen LogP contribution in [-0.4, -0.2) is 33.9 Å². The van der Waals surface area contributed by atoms with E-state index in [2.05, 4.69) is 27.0 Å². The fraction of sp³-hybridized carbons (Fsp3) is 0.400. The second-order valence-electron chi connectivity index (χ2n) is 4.66. The highest BCUT2D eigenvalue weighted by Gasteiger charge is 2.09. The van der Waals surface area contributed by atoms with Crippen molar-refractivity contribution in [3.8, 4) is 0 Å². The van der Waals surface area contributed by atoms with Crippen LogP contribution >= 0.6 is 0 Å². The molecule has 2 aromatic rings. The van der Waals surface area contributed by atoms with Crippen molar-refractivity contribution in [3.05, 3.63) is 54.1 Å². The van der Waals surface area contributed by atoms with Crippen LogP contribution in [0.1, 0.15) is 18.2 Å². The van der Waals surface area contributed by atoms with E-state index in [9.17, 15) is 5.11 Å². The molecule has 19 heavy (non-hydrogen) atoms. The summed E-state index contributed by atoms with van der Waals surface area (Å²) in [6.07, 6.45) is 4.65. The molecule has 1 atom stereocenters. The molecule has 0 aliphatic carbocycles. The van der Waals surface area contributed by atoms with Crippen molar-refractivity contribution in [2.24, 2.45) is 0 Å². The minimum Gasteiger partial charge on any atom is -0.395 e. The lowest BCUT2D eigenvalue weighted by atomic mass is 10.2. The zero-order valence-electron chi connectivity index (χ0n) is 11.3. The summed E-state index contributed by atoms with van der Waals surface area (Å²) in [6, 6.07) is 10.4. The first-order valence-corrected chi connectivity index (χ1v) is 6.70. The number of nitrogens with one attached hydrogen (secondary N) is 1. The fourth-order valence-corrected chi connectivity index (χ4v) is 2.13. The maximum atomic E-state index is 9.26. The summed E-state index contributed by atoms with van der Waals surface area (Å²) in [5.41, 5.74) is 2.27. The lowest BCUT2D eigenvalue weighted by Gasteiger charge is -2.12. The fourth-order valence-electron chi connectivity index (χ4n) is 2.13. The Hall–Kier alpha value is -1.65. The Kier molecular flexibility index (Phi) is 5.12. The molecule has 0 fully saturated rings. The first-order chi connectivity index (χ1) is 9.31. The van der Waals surface area contributed by atoms with Gasteiger partial charge in [0.2, 0.25) is 0 Å². The van der Waals surface area contributed by atoms with E-state index in [-0.39, 0.29) is 12.6 Å². The standard InChI is InChI=1S/C15H21N3O/c1-2-16-15(11-19)8-14-10-18(12-17-14)9-13-6-4-3-5-7-13/h3-7,10,12,15-16,19H,2,8-9,11H2,1H3/t15-/m0/s1. The molecule has 2 rings (SSSR count). The predicted molar refractivity (Wildman–Crippen MR) is 76.0 cm³/mol. The van der Waals surface area contributed by atoms with Gasteiger partial charge < -0.3 is 15.0 Å². The van der Waals surface area contributed by atoms with Gasteiger partial charge in [0.1, 0.15) is 0 Å². The zero-order chi connectivity index (χ0) is 13.5. The van der Waals surface area contributed by atoms with Crippen LogP contribution in [0, 0.1) is 0 Å². The SMILES string of the molecule is CCN[C@H](CO)Cc1cn(Cc2ccccc2)cn1. The topological polar surface area (TPSA) is 50.1 Å². The van der Waals surface area contributed by atoms with E-state index < -0.39 is 0 Å². The van der Waals surface area contributed by atoms with Gasteiger partial charge in [0.25, 0.3) is 0 Å². The minimum atomic E-state index is 0.0880. The Morgan fingerprint density at radius 3 is 2.79 bits per heavy atom. The molecule has 102 valence electrons. The molecule has 0 unspecified atom stereocenters. The third-order valence-electron chi connectivity index (χ3n) is 3.06. The molecule has 4 nitrogen and oxygen atoms in total. The van der Waals surface area contributed by atoms with E-state index in [0.29, 0.717) is 0 Å². The number of aliphatic hydroxyl groups is 1. The first kappa shape index (κ1) is 13.8. The summed E-state index contributed by atoms with van der Waals surface area (Å²) in [4.78, 5) is 4.39. The van der Waals surface area contributed by atoms with Crippen LogP contribution in [0.5, 0.6) is 0 Å². The van der Waals surface area contributed by atoms with Gasteiger partial charge in [-0.15, -0.1) is 0 Å². The molecule has 1 heterocycles. The summed E-state index contributed by atoms with van der Waals surface area (Å²) < 4.78 is 2.07. The van der Waals surface area contributed by atoms with E-state index in [1.54, 1.807) is 0 Å². The van der Waals surface area contributed by atoms with Crippen molar-refractivity contribution in [1.82, 2.24) is 14.9 Å². The molecule has 1 aromatic carbocycles. The minimum absolute atomic E-state index is 0.0880. The molecule has 0 aliphatic heterocycles. The highest BCUT2D eigenvalue weighted by molar-refractivity contribution is 5.15. The van der Waals surface area contributed by atoms with E-state index >= 15 is 0 Å². The largest absolute Gasteiger partial charge is 0.395 e. The average molecular weight is 259 g/mol. The van der Waals surface area contributed by atoms with Crippen molar-refractivity contribution >= 4 is 0 Å². The third-order valence-corrected chi connectivity index (χ3v) is 3.06. The number of likely N-dealkylation sites (N-methyl/N-ethyl adjacent to an activating group) is 1. The van der Waals surface area contributed by atoms with Gasteiger partial charge >= 0.3 is 0 Å². The van der Waals surface area contributed by atoms with Gasteiger partial charge in [-0.25, -0.2) is 4.98 Å². The summed E-state index contributed by atoms with van der Waals surface area (Å²) in [5.74, 6) is 0. The molecule has 0 saturated carbocycles. The number of hydrogen-bond acceptors (Lipinski definition) is 3. The number of hydrogen-bond donors (Lipinski definition) is 2. The van der Waals surface area contributed by atoms with Crippen molar-refractivity contribution in [2.75, 3.05) is 13.2 Å². The summed E-state index contributed by atoms with van der Waals surface area (Å²) in [5, 5.41) is 12.5. The van der Waals surface area contributed by atoms with Gasteiger partial charge in [-0.2, -0.15) is 0 Å². The average Bonchev–Trinajstić information content (AvgIpc) is 2.86. The molecule has 0 saturated heterocycles. The maximum absolute atomic E-state index is 9.26. The maximum Gasteiger partial charge on any atom is 0.0952 e. The smallest absolute Gasteiger partial charge is 0.0952 e. The molecular formula is C15H21N3O. The second-order valence-corrected chi connectivity index (χ2v) is 4.66. The number of aromatic nitrogens is 2. The van der Waals surface area contributed by atoms with Gasteiger partial charge in [-0.3, -0.25) is 0 Å². The highest BCUT2D eigenvalue weighted by Crippen LogP contribution is 2.05. The van der Waals surface area contributed by atoms with E-state index in [1.807, 2.05) is 37.6 Å². The Labute approximate surface area is 114 Å². The van der Waals surface area contributed by atoms with Crippen molar-refractivity contribution < 1.29 is 5.11 Å². The normalized spacial score (nSPS) is 12.5. The Morgan fingerprint density at radius 2 is 2.11 bits per heavy atom. The number of rotatable bonds is 7. The van der Waals surface area contributed by atoms with Crippen LogP contribution in [0.25, 0.3) is 0 Å². The molecular weight excluding hydrogens is 238 g/mol. The van der Waals surface area contributed by atoms with Crippen LogP contribution in [0.3, 0.4) is 0 Å². The van der Waals surface area contributed by atoms with Crippen LogP contribution in [0.2, 0.25) is 0 Å². The molecule has 0 spiro atoms. The van der Waals surface area contributed by atoms with Crippen molar-refractivity contribution in [2.45, 2.75) is 25.9 Å². The molecule has 4 heteroatoms. The van der Waals surface area contributed by atoms with E-state index in [0.717, 1.165) is 25.2 Å². The summed E-state index contributed by atoms with van der Waals surface area (Å²) in [6.45, 7) is 3.87. The number of aliphatic hydroxyl groups excluding tert-OH is 1. The Morgan fingerprint density at radius 1 is 1.32 bits per heavy atom. The third kappa shape index (κ3) is 4.19. The molecule has 0 radical (unpaired) electrons. The number of imidazole rings is 1. The quantitative estimate of drug-likeness (QED) is 0.791. The molecule has 1 aromatic heterocycles. The van der Waals surface area contributed by atoms with Crippen LogP contribution in [0.4, 0.5) is 0 Å². The Balaban J connectivity index is 1.95. The number of benzene rings is 1. The monoisotopic (exact) mass is 259 g/mol. The molecule has 0 bridgehead atoms. The van der Waals surface area contributed by atoms with Gasteiger partial charge in [0, 0.05) is 25.2 Å². The highest BCUT2D eigenvalue weighted by atomic mass is 16.3. The lowest BCUT2D eigenvalue weighted by molar-refractivity contribution is 0.243. The van der Waals surface area contributed by atoms with Gasteiger partial charge in [0.05, 0.1) is 18.6 Å². The van der Waals surface area contributed by atoms with Crippen LogP contribution in [0.15, 0.2) is 42.9 Å². The van der Waals surface area contributed by atoms with Gasteiger partial charge in [-0.1, -0.05) is 37.3 Å². The van der Waals surface area contributed by atoms with Gasteiger partial charge in [0.15, 0.2) is 0 Å². The number of nitrogens with zero attached hydrogens (tertiary/aromatic N) is 2. The van der Waals surface area contributed by atoms with E-state index in [4.69, 9.17) is 0 Å². The second kappa shape index (κ2) is 7.07. The molecule has 0 aliphatic rings. The molecule has 0 amide bonds. The van der Waals surface area contributed by atoms with E-state index in [1.165, 1.54) is 5.56 Å². The zero-order valence-corrected chi connectivity index (χ0v) is 11.3. The van der Waals surface area contributed by atoms with Gasteiger partial charge in [-0.05, 0) is 12.1 Å². The molecule has 2 N–H and O–H groups in total. The summed E-state index contributed by atoms with van der Waals surface area (Å²) >= 11 is 0. The van der Waals surface area contributed by atoms with Crippen molar-refractivity contribution in [1.29, 1.82) is 0 Å². The van der Waals surface area contributed by atoms with Crippen molar-refractivity contribution in [3.63, 3.8) is 0 Å². The van der Waals surface area contributed by atoms with Crippen LogP contribution < -0.4 is 5.32 Å². The summed E-state index contributed by atoms with van der Waals surface area (Å²) in [7, 11) is 0. The lowest BCUT2D eigenvalue weighted by Crippen LogP contribution is -2.34. The van der Waals surface area contributed by atoms with Crippen LogP contribution in [-0.2, 0) is 13.0 Å².